The minimum Gasteiger partial charge on any atom is -0.495 e. The Bertz CT molecular complexity index is 1530. The number of anilines is 2. The predicted octanol–water partition coefficient (Wildman–Crippen LogP) is 5.15. The van der Waals surface area contributed by atoms with Crippen molar-refractivity contribution < 1.29 is 39.8 Å². The van der Waals surface area contributed by atoms with E-state index in [1.807, 2.05) is 0 Å². The molecule has 0 unspecified atom stereocenters. The van der Waals surface area contributed by atoms with E-state index in [-0.39, 0.29) is 40.8 Å². The van der Waals surface area contributed by atoms with E-state index in [0.717, 1.165) is 42.5 Å². The molecule has 0 spiro atoms. The number of hydrogen-bond donors (Lipinski definition) is 2. The smallest absolute Gasteiger partial charge is 0.265 e. The van der Waals surface area contributed by atoms with Crippen LogP contribution in [0.3, 0.4) is 0 Å². The maximum absolute atomic E-state index is 13.9. The average Bonchev–Trinajstić information content (AvgIpc) is 2.81. The highest BCUT2D eigenvalue weighted by molar-refractivity contribution is 7.93. The number of ether oxygens (including phenoxy) is 3. The molecule has 0 radical (unpaired) electrons. The summed E-state index contributed by atoms with van der Waals surface area (Å²) in [6.07, 6.45) is -0.676. The summed E-state index contributed by atoms with van der Waals surface area (Å²) >= 11 is 0. The van der Waals surface area contributed by atoms with Crippen molar-refractivity contribution in [2.45, 2.75) is 49.7 Å². The molecule has 13 heteroatoms. The number of methoxy groups -OCH3 is 1. The van der Waals surface area contributed by atoms with Crippen LogP contribution in [0.25, 0.3) is 0 Å². The zero-order valence-corrected chi connectivity index (χ0v) is 22.9. The molecule has 3 aromatic rings. The Kier molecular flexibility index (Phi) is 8.72. The molecule has 0 bridgehead atoms. The fraction of sp³-hybridized carbons (Fsp3) is 0.280. The maximum Gasteiger partial charge on any atom is 0.265 e. The second kappa shape index (κ2) is 11.4. The number of rotatable bonds is 11. The van der Waals surface area contributed by atoms with Crippen LogP contribution in [0.4, 0.5) is 20.2 Å². The number of benzene rings is 3. The van der Waals surface area contributed by atoms with Gasteiger partial charge in [0.15, 0.2) is 0 Å². The SMILES string of the molecule is COc1ccc(S(=O)(=O)Nc2cc(F)ccc2OC(C)C)cc1S(=O)(=O)Nc1cc(F)ccc1OC(C)C. The molecule has 38 heavy (non-hydrogen) atoms. The van der Waals surface area contributed by atoms with Crippen LogP contribution in [0.5, 0.6) is 17.2 Å². The van der Waals surface area contributed by atoms with Crippen LogP contribution in [0, 0.1) is 11.6 Å². The first kappa shape index (κ1) is 29.0. The van der Waals surface area contributed by atoms with Gasteiger partial charge in [0.25, 0.3) is 20.0 Å². The molecule has 2 N–H and O–H groups in total. The Morgan fingerprint density at radius 2 is 1.11 bits per heavy atom. The van der Waals surface area contributed by atoms with Crippen molar-refractivity contribution in [3.05, 3.63) is 66.2 Å². The van der Waals surface area contributed by atoms with Gasteiger partial charge in [-0.25, -0.2) is 25.6 Å². The molecular formula is C25H28F2N2O7S2. The highest BCUT2D eigenvalue weighted by Gasteiger charge is 2.26. The highest BCUT2D eigenvalue weighted by atomic mass is 32.2. The summed E-state index contributed by atoms with van der Waals surface area (Å²) in [5.41, 5.74) is -0.366. The summed E-state index contributed by atoms with van der Waals surface area (Å²) in [5.74, 6) is -1.46. The van der Waals surface area contributed by atoms with Gasteiger partial charge in [0.1, 0.15) is 33.8 Å². The molecule has 0 aliphatic rings. The highest BCUT2D eigenvalue weighted by Crippen LogP contribution is 2.34. The lowest BCUT2D eigenvalue weighted by Gasteiger charge is -2.18. The van der Waals surface area contributed by atoms with Gasteiger partial charge in [0, 0.05) is 12.1 Å². The standard InChI is InChI=1S/C25H28F2N2O7S2/c1-15(2)35-22-9-6-17(26)12-20(22)28-37(30,31)19-8-11-24(34-5)25(14-19)38(32,33)29-21-13-18(27)7-10-23(21)36-16(3)4/h6-16,28-29H,1-5H3. The van der Waals surface area contributed by atoms with Crippen LogP contribution in [-0.2, 0) is 20.0 Å². The first-order valence-corrected chi connectivity index (χ1v) is 14.3. The van der Waals surface area contributed by atoms with Crippen LogP contribution in [0.15, 0.2) is 64.4 Å². The molecule has 3 aromatic carbocycles. The zero-order chi connectivity index (χ0) is 28.3. The van der Waals surface area contributed by atoms with E-state index in [1.54, 1.807) is 27.7 Å². The van der Waals surface area contributed by atoms with E-state index in [4.69, 9.17) is 14.2 Å². The van der Waals surface area contributed by atoms with E-state index in [9.17, 15) is 25.6 Å². The molecule has 3 rings (SSSR count). The maximum atomic E-state index is 13.9. The van der Waals surface area contributed by atoms with Gasteiger partial charge >= 0.3 is 0 Å². The van der Waals surface area contributed by atoms with Crippen molar-refractivity contribution in [1.29, 1.82) is 0 Å². The second-order valence-corrected chi connectivity index (χ2v) is 12.0. The molecule has 206 valence electrons. The van der Waals surface area contributed by atoms with Crippen LogP contribution in [0.1, 0.15) is 27.7 Å². The van der Waals surface area contributed by atoms with Gasteiger partial charge in [-0.2, -0.15) is 0 Å². The second-order valence-electron chi connectivity index (χ2n) is 8.64. The Morgan fingerprint density at radius 1 is 0.658 bits per heavy atom. The molecular weight excluding hydrogens is 542 g/mol. The average molecular weight is 571 g/mol. The lowest BCUT2D eigenvalue weighted by atomic mass is 10.3. The van der Waals surface area contributed by atoms with Crippen LogP contribution < -0.4 is 23.7 Å². The van der Waals surface area contributed by atoms with E-state index < -0.39 is 41.5 Å². The number of halogens is 2. The minimum absolute atomic E-state index is 0.0678. The zero-order valence-electron chi connectivity index (χ0n) is 21.3. The van der Waals surface area contributed by atoms with E-state index in [1.165, 1.54) is 19.2 Å². The molecule has 0 saturated carbocycles. The third-order valence-corrected chi connectivity index (χ3v) is 7.58. The largest absolute Gasteiger partial charge is 0.495 e. The minimum atomic E-state index is -4.52. The van der Waals surface area contributed by atoms with Crippen molar-refractivity contribution in [2.24, 2.45) is 0 Å². The monoisotopic (exact) mass is 570 g/mol. The van der Waals surface area contributed by atoms with Crippen molar-refractivity contribution >= 4 is 31.4 Å². The molecule has 0 amide bonds. The summed E-state index contributed by atoms with van der Waals surface area (Å²) in [5, 5.41) is 0. The molecule has 9 nitrogen and oxygen atoms in total. The normalized spacial score (nSPS) is 11.9. The van der Waals surface area contributed by atoms with Gasteiger partial charge in [-0.15, -0.1) is 0 Å². The van der Waals surface area contributed by atoms with Gasteiger partial charge < -0.3 is 14.2 Å². The molecule has 0 aliphatic carbocycles. The van der Waals surface area contributed by atoms with Crippen molar-refractivity contribution in [1.82, 2.24) is 0 Å². The first-order valence-electron chi connectivity index (χ1n) is 11.4. The molecule has 0 heterocycles. The molecule has 0 atom stereocenters. The number of nitrogens with one attached hydrogen (secondary N) is 2. The van der Waals surface area contributed by atoms with Gasteiger partial charge in [-0.05, 0) is 70.2 Å². The third-order valence-electron chi connectivity index (χ3n) is 4.83. The van der Waals surface area contributed by atoms with Gasteiger partial charge in [-0.1, -0.05) is 0 Å². The molecule has 0 fully saturated rings. The Labute approximate surface area is 220 Å². The third kappa shape index (κ3) is 7.04. The topological polar surface area (TPSA) is 120 Å². The Balaban J connectivity index is 2.04. The van der Waals surface area contributed by atoms with Crippen LogP contribution >= 0.6 is 0 Å². The number of hydrogen-bond acceptors (Lipinski definition) is 7. The lowest BCUT2D eigenvalue weighted by Crippen LogP contribution is -2.19. The van der Waals surface area contributed by atoms with E-state index >= 15 is 0 Å². The fourth-order valence-electron chi connectivity index (χ4n) is 3.31. The molecule has 0 aromatic heterocycles. The molecule has 0 aliphatic heterocycles. The Morgan fingerprint density at radius 3 is 1.55 bits per heavy atom. The van der Waals surface area contributed by atoms with Crippen LogP contribution in [0.2, 0.25) is 0 Å². The fourth-order valence-corrected chi connectivity index (χ4v) is 5.73. The summed E-state index contributed by atoms with van der Waals surface area (Å²) in [6, 6.07) is 9.79. The van der Waals surface area contributed by atoms with Crippen molar-refractivity contribution in [3.63, 3.8) is 0 Å². The summed E-state index contributed by atoms with van der Waals surface area (Å²) in [6.45, 7) is 6.85. The summed E-state index contributed by atoms with van der Waals surface area (Å²) in [7, 11) is -7.74. The number of sulfonamides is 2. The lowest BCUT2D eigenvalue weighted by molar-refractivity contribution is 0.243. The quantitative estimate of drug-likeness (QED) is 0.327. The van der Waals surface area contributed by atoms with E-state index in [0.29, 0.717) is 0 Å². The predicted molar refractivity (Wildman–Crippen MR) is 139 cm³/mol. The summed E-state index contributed by atoms with van der Waals surface area (Å²) in [4.78, 5) is -1.00. The first-order chi connectivity index (χ1) is 17.7. The molecule has 0 saturated heterocycles. The Hall–Kier alpha value is -3.58. The van der Waals surface area contributed by atoms with Gasteiger partial charge in [0.2, 0.25) is 0 Å². The van der Waals surface area contributed by atoms with Crippen LogP contribution in [-0.4, -0.2) is 36.2 Å². The van der Waals surface area contributed by atoms with Gasteiger partial charge in [0.05, 0.1) is 35.6 Å². The van der Waals surface area contributed by atoms with Gasteiger partial charge in [-0.3, -0.25) is 9.44 Å². The summed E-state index contributed by atoms with van der Waals surface area (Å²) < 4.78 is 102. The van der Waals surface area contributed by atoms with E-state index in [2.05, 4.69) is 9.44 Å². The van der Waals surface area contributed by atoms with Crippen molar-refractivity contribution in [3.8, 4) is 17.2 Å². The van der Waals surface area contributed by atoms with Crippen molar-refractivity contribution in [2.75, 3.05) is 16.6 Å².